The molecule has 4 rings (SSSR count). The fourth-order valence-corrected chi connectivity index (χ4v) is 3.99. The largest absolute Gasteiger partial charge is 0.309 e. The predicted molar refractivity (Wildman–Crippen MR) is 101 cm³/mol. The standard InChI is InChI=1S/C21H24F2N4/c1-2-4-20-25-19-5-3-10-24-21(19)27(20)17-8-11-26(12-9-17)14-15-6-7-16(22)13-18(15)23/h3,5-7,10,13,17H,2,4,8-9,11-12,14H2,1H3. The fraction of sp³-hybridized carbons (Fsp3) is 0.429. The number of aryl methyl sites for hydroxylation is 1. The Hall–Kier alpha value is -2.34. The first-order valence-corrected chi connectivity index (χ1v) is 9.64. The predicted octanol–water partition coefficient (Wildman–Crippen LogP) is 4.50. The summed E-state index contributed by atoms with van der Waals surface area (Å²) in [7, 11) is 0. The second-order valence-electron chi connectivity index (χ2n) is 7.24. The molecule has 0 amide bonds. The third kappa shape index (κ3) is 3.72. The second kappa shape index (κ2) is 7.72. The average Bonchev–Trinajstić information content (AvgIpc) is 3.03. The van der Waals surface area contributed by atoms with Crippen molar-refractivity contribution < 1.29 is 8.78 Å². The first-order valence-electron chi connectivity index (χ1n) is 9.64. The van der Waals surface area contributed by atoms with Crippen LogP contribution in [0.3, 0.4) is 0 Å². The van der Waals surface area contributed by atoms with Crippen molar-refractivity contribution in [2.45, 2.75) is 45.2 Å². The van der Waals surface area contributed by atoms with Crippen LogP contribution in [0.15, 0.2) is 36.5 Å². The van der Waals surface area contributed by atoms with Crippen molar-refractivity contribution in [2.75, 3.05) is 13.1 Å². The van der Waals surface area contributed by atoms with E-state index < -0.39 is 11.6 Å². The molecule has 0 spiro atoms. The zero-order valence-corrected chi connectivity index (χ0v) is 15.5. The van der Waals surface area contributed by atoms with E-state index in [1.165, 1.54) is 6.07 Å². The van der Waals surface area contributed by atoms with Gasteiger partial charge in [0.2, 0.25) is 0 Å². The third-order valence-corrected chi connectivity index (χ3v) is 5.33. The topological polar surface area (TPSA) is 34.0 Å². The van der Waals surface area contributed by atoms with Gasteiger partial charge in [-0.2, -0.15) is 0 Å². The van der Waals surface area contributed by atoms with Crippen LogP contribution in [-0.2, 0) is 13.0 Å². The average molecular weight is 370 g/mol. The summed E-state index contributed by atoms with van der Waals surface area (Å²) in [5.74, 6) is 0.110. The number of piperidine rings is 1. The molecule has 0 atom stereocenters. The minimum atomic E-state index is -0.530. The third-order valence-electron chi connectivity index (χ3n) is 5.33. The quantitative estimate of drug-likeness (QED) is 0.663. The Morgan fingerprint density at radius 3 is 2.70 bits per heavy atom. The summed E-state index contributed by atoms with van der Waals surface area (Å²) in [6, 6.07) is 8.14. The number of hydrogen-bond donors (Lipinski definition) is 0. The number of nitrogens with zero attached hydrogens (tertiary/aromatic N) is 4. The van der Waals surface area contributed by atoms with Crippen molar-refractivity contribution in [1.82, 2.24) is 19.4 Å². The Morgan fingerprint density at radius 2 is 1.96 bits per heavy atom. The Bertz CT molecular complexity index is 929. The summed E-state index contributed by atoms with van der Waals surface area (Å²) in [6.45, 7) is 4.43. The van der Waals surface area contributed by atoms with Gasteiger partial charge < -0.3 is 4.57 Å². The van der Waals surface area contributed by atoms with Crippen LogP contribution in [0.4, 0.5) is 8.78 Å². The van der Waals surface area contributed by atoms with Crippen LogP contribution in [0.2, 0.25) is 0 Å². The lowest BCUT2D eigenvalue weighted by atomic mass is 10.0. The first kappa shape index (κ1) is 18.0. The van der Waals surface area contributed by atoms with Crippen LogP contribution in [-0.4, -0.2) is 32.5 Å². The molecular formula is C21H24F2N4. The normalized spacial score (nSPS) is 16.3. The number of aromatic nitrogens is 3. The number of halogens is 2. The molecule has 0 radical (unpaired) electrons. The number of likely N-dealkylation sites (tertiary alicyclic amines) is 1. The molecule has 3 heterocycles. The number of imidazole rings is 1. The number of benzene rings is 1. The van der Waals surface area contributed by atoms with Crippen LogP contribution in [0.1, 0.15) is 43.6 Å². The maximum Gasteiger partial charge on any atom is 0.160 e. The molecule has 4 nitrogen and oxygen atoms in total. The number of pyridine rings is 1. The molecule has 1 aromatic carbocycles. The molecule has 1 aliphatic rings. The molecule has 1 fully saturated rings. The molecule has 142 valence electrons. The molecule has 0 unspecified atom stereocenters. The Kier molecular flexibility index (Phi) is 5.16. The molecule has 0 aliphatic carbocycles. The summed E-state index contributed by atoms with van der Waals surface area (Å²) in [4.78, 5) is 11.6. The number of rotatable bonds is 5. The lowest BCUT2D eigenvalue weighted by Gasteiger charge is -2.33. The molecule has 27 heavy (non-hydrogen) atoms. The van der Waals surface area contributed by atoms with Gasteiger partial charge in [-0.3, -0.25) is 4.90 Å². The Labute approximate surface area is 157 Å². The molecule has 0 saturated carbocycles. The maximum atomic E-state index is 13.9. The van der Waals surface area contributed by atoms with E-state index in [4.69, 9.17) is 4.98 Å². The minimum absolute atomic E-state index is 0.362. The van der Waals surface area contributed by atoms with E-state index in [1.54, 1.807) is 6.07 Å². The zero-order valence-electron chi connectivity index (χ0n) is 15.5. The van der Waals surface area contributed by atoms with Crippen LogP contribution < -0.4 is 0 Å². The molecule has 0 N–H and O–H groups in total. The summed E-state index contributed by atoms with van der Waals surface area (Å²) in [5, 5.41) is 0. The number of hydrogen-bond acceptors (Lipinski definition) is 3. The van der Waals surface area contributed by atoms with Crippen LogP contribution in [0.5, 0.6) is 0 Å². The second-order valence-corrected chi connectivity index (χ2v) is 7.24. The van der Waals surface area contributed by atoms with Gasteiger partial charge in [-0.15, -0.1) is 0 Å². The van der Waals surface area contributed by atoms with Crippen LogP contribution >= 0.6 is 0 Å². The SMILES string of the molecule is CCCc1nc2cccnc2n1C1CCN(Cc2ccc(F)cc2F)CC1. The summed E-state index contributed by atoms with van der Waals surface area (Å²) >= 11 is 0. The van der Waals surface area contributed by atoms with Crippen molar-refractivity contribution in [1.29, 1.82) is 0 Å². The highest BCUT2D eigenvalue weighted by molar-refractivity contribution is 5.71. The van der Waals surface area contributed by atoms with Gasteiger partial charge in [0.25, 0.3) is 0 Å². The lowest BCUT2D eigenvalue weighted by molar-refractivity contribution is 0.178. The minimum Gasteiger partial charge on any atom is -0.309 e. The van der Waals surface area contributed by atoms with Gasteiger partial charge in [-0.05, 0) is 37.5 Å². The Balaban J connectivity index is 1.49. The zero-order chi connectivity index (χ0) is 18.8. The van der Waals surface area contributed by atoms with Crippen molar-refractivity contribution in [3.63, 3.8) is 0 Å². The van der Waals surface area contributed by atoms with E-state index >= 15 is 0 Å². The summed E-state index contributed by atoms with van der Waals surface area (Å²) in [5.41, 5.74) is 2.47. The molecule has 2 aromatic heterocycles. The fourth-order valence-electron chi connectivity index (χ4n) is 3.99. The van der Waals surface area contributed by atoms with E-state index in [0.29, 0.717) is 18.2 Å². The molecule has 1 aliphatic heterocycles. The van der Waals surface area contributed by atoms with Gasteiger partial charge >= 0.3 is 0 Å². The van der Waals surface area contributed by atoms with Crippen molar-refractivity contribution in [2.24, 2.45) is 0 Å². The first-order chi connectivity index (χ1) is 13.2. The van der Waals surface area contributed by atoms with E-state index in [0.717, 1.165) is 61.8 Å². The lowest BCUT2D eigenvalue weighted by Crippen LogP contribution is -2.35. The van der Waals surface area contributed by atoms with Gasteiger partial charge in [0, 0.05) is 49.9 Å². The summed E-state index contributed by atoms with van der Waals surface area (Å²) < 4.78 is 29.3. The molecular weight excluding hydrogens is 346 g/mol. The van der Waals surface area contributed by atoms with Gasteiger partial charge in [-0.25, -0.2) is 18.7 Å². The van der Waals surface area contributed by atoms with Crippen molar-refractivity contribution in [3.05, 3.63) is 59.6 Å². The van der Waals surface area contributed by atoms with E-state index in [2.05, 4.69) is 21.4 Å². The highest BCUT2D eigenvalue weighted by Gasteiger charge is 2.25. The Morgan fingerprint density at radius 1 is 1.15 bits per heavy atom. The van der Waals surface area contributed by atoms with Crippen LogP contribution in [0.25, 0.3) is 11.2 Å². The maximum absolute atomic E-state index is 13.9. The van der Waals surface area contributed by atoms with E-state index in [-0.39, 0.29) is 0 Å². The van der Waals surface area contributed by atoms with Crippen molar-refractivity contribution >= 4 is 11.2 Å². The highest BCUT2D eigenvalue weighted by atomic mass is 19.1. The van der Waals surface area contributed by atoms with Gasteiger partial charge in [0.15, 0.2) is 5.65 Å². The van der Waals surface area contributed by atoms with E-state index in [9.17, 15) is 8.78 Å². The molecule has 6 heteroatoms. The van der Waals surface area contributed by atoms with Gasteiger partial charge in [-0.1, -0.05) is 13.0 Å². The van der Waals surface area contributed by atoms with Gasteiger partial charge in [0.05, 0.1) is 0 Å². The number of fused-ring (bicyclic) bond motifs is 1. The smallest absolute Gasteiger partial charge is 0.160 e. The monoisotopic (exact) mass is 370 g/mol. The summed E-state index contributed by atoms with van der Waals surface area (Å²) in [6.07, 6.45) is 5.76. The van der Waals surface area contributed by atoms with Crippen LogP contribution in [0, 0.1) is 11.6 Å². The molecule has 3 aromatic rings. The van der Waals surface area contributed by atoms with Crippen molar-refractivity contribution in [3.8, 4) is 0 Å². The molecule has 1 saturated heterocycles. The van der Waals surface area contributed by atoms with E-state index in [1.807, 2.05) is 18.3 Å². The highest BCUT2D eigenvalue weighted by Crippen LogP contribution is 2.29. The molecule has 0 bridgehead atoms. The van der Waals surface area contributed by atoms with Gasteiger partial charge in [0.1, 0.15) is 23.0 Å².